The summed E-state index contributed by atoms with van der Waals surface area (Å²) in [5.74, 6) is 0.854. The summed E-state index contributed by atoms with van der Waals surface area (Å²) >= 11 is 3.45. The lowest BCUT2D eigenvalue weighted by molar-refractivity contribution is 0.118. The number of unbranched alkanes of at least 4 members (excludes halogenated alkanes) is 1. The monoisotopic (exact) mass is 272 g/mol. The fraction of sp³-hybridized carbons (Fsp3) is 0.500. The highest BCUT2D eigenvalue weighted by atomic mass is 79.9. The molecule has 1 aromatic carbocycles. The van der Waals surface area contributed by atoms with Crippen molar-refractivity contribution < 1.29 is 9.47 Å². The molecule has 0 bridgehead atoms. The first-order chi connectivity index (χ1) is 7.27. The number of methoxy groups -OCH3 is 1. The van der Waals surface area contributed by atoms with Gasteiger partial charge >= 0.3 is 0 Å². The van der Waals surface area contributed by atoms with Gasteiger partial charge in [0.05, 0.1) is 18.2 Å². The molecule has 0 aromatic heterocycles. The first kappa shape index (κ1) is 12.5. The third kappa shape index (κ3) is 4.22. The van der Waals surface area contributed by atoms with Gasteiger partial charge < -0.3 is 9.47 Å². The van der Waals surface area contributed by atoms with E-state index in [2.05, 4.69) is 22.9 Å². The normalized spacial score (nSPS) is 10.3. The average molecular weight is 273 g/mol. The van der Waals surface area contributed by atoms with Crippen LogP contribution in [-0.4, -0.2) is 13.7 Å². The van der Waals surface area contributed by atoms with E-state index in [1.165, 1.54) is 12.0 Å². The summed E-state index contributed by atoms with van der Waals surface area (Å²) < 4.78 is 11.7. The maximum Gasteiger partial charge on any atom is 0.133 e. The van der Waals surface area contributed by atoms with Crippen molar-refractivity contribution in [3.63, 3.8) is 0 Å². The summed E-state index contributed by atoms with van der Waals surface area (Å²) in [4.78, 5) is 0. The van der Waals surface area contributed by atoms with Gasteiger partial charge in [0.1, 0.15) is 5.75 Å². The summed E-state index contributed by atoms with van der Waals surface area (Å²) in [5.41, 5.74) is 1.17. The van der Waals surface area contributed by atoms with Crippen LogP contribution in [0.4, 0.5) is 0 Å². The molecule has 0 N–H and O–H groups in total. The van der Waals surface area contributed by atoms with Gasteiger partial charge in [0.15, 0.2) is 0 Å². The van der Waals surface area contributed by atoms with Gasteiger partial charge in [0.2, 0.25) is 0 Å². The van der Waals surface area contributed by atoms with Gasteiger partial charge in [0, 0.05) is 6.61 Å². The Morgan fingerprint density at radius 1 is 1.33 bits per heavy atom. The molecule has 2 nitrogen and oxygen atoms in total. The third-order valence-electron chi connectivity index (χ3n) is 2.13. The smallest absolute Gasteiger partial charge is 0.133 e. The number of ether oxygens (including phenoxy) is 2. The van der Waals surface area contributed by atoms with E-state index in [9.17, 15) is 0 Å². The Bertz CT molecular complexity index is 300. The second kappa shape index (κ2) is 6.85. The molecule has 3 heteroatoms. The summed E-state index contributed by atoms with van der Waals surface area (Å²) in [6.07, 6.45) is 2.30. The van der Waals surface area contributed by atoms with Gasteiger partial charge in [-0.2, -0.15) is 0 Å². The molecule has 0 saturated carbocycles. The number of halogens is 1. The predicted octanol–water partition coefficient (Wildman–Crippen LogP) is 3.77. The zero-order valence-corrected chi connectivity index (χ0v) is 10.8. The molecule has 0 amide bonds. The van der Waals surface area contributed by atoms with Crippen LogP contribution in [0, 0.1) is 0 Å². The van der Waals surface area contributed by atoms with Crippen LogP contribution in [0.5, 0.6) is 5.75 Å². The van der Waals surface area contributed by atoms with Crippen LogP contribution in [0.2, 0.25) is 0 Å². The highest BCUT2D eigenvalue weighted by Crippen LogP contribution is 2.25. The van der Waals surface area contributed by atoms with Crippen LogP contribution in [0.1, 0.15) is 25.3 Å². The number of benzene rings is 1. The van der Waals surface area contributed by atoms with Crippen LogP contribution in [0.15, 0.2) is 22.7 Å². The quantitative estimate of drug-likeness (QED) is 0.734. The number of hydrogen-bond donors (Lipinski definition) is 0. The largest absolute Gasteiger partial charge is 0.496 e. The minimum atomic E-state index is 0.669. The van der Waals surface area contributed by atoms with E-state index >= 15 is 0 Å². The molecule has 1 aromatic rings. The highest BCUT2D eigenvalue weighted by molar-refractivity contribution is 9.10. The molecule has 0 heterocycles. The van der Waals surface area contributed by atoms with E-state index in [1.54, 1.807) is 7.11 Å². The van der Waals surface area contributed by atoms with Crippen LogP contribution in [0.25, 0.3) is 0 Å². The summed E-state index contributed by atoms with van der Waals surface area (Å²) in [5, 5.41) is 0. The Labute approximate surface area is 99.7 Å². The van der Waals surface area contributed by atoms with Crippen molar-refractivity contribution in [2.75, 3.05) is 13.7 Å². The highest BCUT2D eigenvalue weighted by Gasteiger charge is 2.01. The van der Waals surface area contributed by atoms with Crippen LogP contribution < -0.4 is 4.74 Å². The summed E-state index contributed by atoms with van der Waals surface area (Å²) in [6, 6.07) is 6.00. The van der Waals surface area contributed by atoms with Crippen molar-refractivity contribution in [1.82, 2.24) is 0 Å². The zero-order chi connectivity index (χ0) is 11.1. The molecule has 0 aliphatic carbocycles. The molecule has 0 atom stereocenters. The minimum absolute atomic E-state index is 0.669. The average Bonchev–Trinajstić information content (AvgIpc) is 2.25. The van der Waals surface area contributed by atoms with Crippen LogP contribution in [-0.2, 0) is 11.3 Å². The van der Waals surface area contributed by atoms with E-state index in [-0.39, 0.29) is 0 Å². The van der Waals surface area contributed by atoms with Crippen LogP contribution in [0.3, 0.4) is 0 Å². The maximum absolute atomic E-state index is 5.53. The topological polar surface area (TPSA) is 18.5 Å². The van der Waals surface area contributed by atoms with Crippen molar-refractivity contribution >= 4 is 15.9 Å². The second-order valence-electron chi connectivity index (χ2n) is 3.38. The minimum Gasteiger partial charge on any atom is -0.496 e. The Morgan fingerprint density at radius 3 is 2.73 bits per heavy atom. The van der Waals surface area contributed by atoms with E-state index in [1.807, 2.05) is 18.2 Å². The molecule has 0 fully saturated rings. The molecule has 0 unspecified atom stereocenters. The van der Waals surface area contributed by atoms with Crippen LogP contribution >= 0.6 is 15.9 Å². The van der Waals surface area contributed by atoms with Gasteiger partial charge in [-0.15, -0.1) is 0 Å². The lowest BCUT2D eigenvalue weighted by Crippen LogP contribution is -1.95. The van der Waals surface area contributed by atoms with Crippen molar-refractivity contribution in [2.24, 2.45) is 0 Å². The zero-order valence-electron chi connectivity index (χ0n) is 9.25. The number of hydrogen-bond acceptors (Lipinski definition) is 2. The molecular weight excluding hydrogens is 256 g/mol. The molecule has 15 heavy (non-hydrogen) atoms. The first-order valence-corrected chi connectivity index (χ1v) is 5.97. The van der Waals surface area contributed by atoms with Crippen molar-refractivity contribution in [3.8, 4) is 5.75 Å². The molecule has 0 aliphatic rings. The molecular formula is C12H17BrO2. The van der Waals surface area contributed by atoms with Gasteiger partial charge in [-0.25, -0.2) is 0 Å². The SMILES string of the molecule is CCCCOCc1ccc(OC)c(Br)c1. The Morgan fingerprint density at radius 2 is 2.13 bits per heavy atom. The molecule has 0 radical (unpaired) electrons. The van der Waals surface area contributed by atoms with Gasteiger partial charge in [-0.1, -0.05) is 19.4 Å². The van der Waals surface area contributed by atoms with Crippen molar-refractivity contribution in [1.29, 1.82) is 0 Å². The van der Waals surface area contributed by atoms with Gasteiger partial charge in [-0.05, 0) is 40.0 Å². The van der Waals surface area contributed by atoms with Crippen molar-refractivity contribution in [2.45, 2.75) is 26.4 Å². The lowest BCUT2D eigenvalue weighted by Gasteiger charge is -2.07. The third-order valence-corrected chi connectivity index (χ3v) is 2.75. The van der Waals surface area contributed by atoms with Gasteiger partial charge in [-0.3, -0.25) is 0 Å². The maximum atomic E-state index is 5.53. The Kier molecular flexibility index (Phi) is 5.73. The molecule has 0 spiro atoms. The first-order valence-electron chi connectivity index (χ1n) is 5.18. The predicted molar refractivity (Wildman–Crippen MR) is 65.3 cm³/mol. The molecule has 84 valence electrons. The fourth-order valence-corrected chi connectivity index (χ4v) is 1.82. The standard InChI is InChI=1S/C12H17BrO2/c1-3-4-7-15-9-10-5-6-12(14-2)11(13)8-10/h5-6,8H,3-4,7,9H2,1-2H3. The van der Waals surface area contributed by atoms with E-state index in [0.29, 0.717) is 6.61 Å². The molecule has 0 saturated heterocycles. The van der Waals surface area contributed by atoms with E-state index in [0.717, 1.165) is 23.2 Å². The summed E-state index contributed by atoms with van der Waals surface area (Å²) in [7, 11) is 1.66. The fourth-order valence-electron chi connectivity index (χ4n) is 1.24. The van der Waals surface area contributed by atoms with Crippen molar-refractivity contribution in [3.05, 3.63) is 28.2 Å². The Hall–Kier alpha value is -0.540. The summed E-state index contributed by atoms with van der Waals surface area (Å²) in [6.45, 7) is 3.66. The number of rotatable bonds is 6. The second-order valence-corrected chi connectivity index (χ2v) is 4.23. The molecule has 1 rings (SSSR count). The van der Waals surface area contributed by atoms with E-state index in [4.69, 9.17) is 9.47 Å². The van der Waals surface area contributed by atoms with E-state index < -0.39 is 0 Å². The molecule has 0 aliphatic heterocycles. The Balaban J connectivity index is 2.45. The lowest BCUT2D eigenvalue weighted by atomic mass is 10.2. The van der Waals surface area contributed by atoms with Gasteiger partial charge in [0.25, 0.3) is 0 Å².